The maximum atomic E-state index is 14.1. The molecule has 0 saturated carbocycles. The second-order valence-electron chi connectivity index (χ2n) is 7.54. The Balaban J connectivity index is 2.20. The first-order chi connectivity index (χ1) is 13.8. The van der Waals surface area contributed by atoms with E-state index in [0.717, 1.165) is 22.3 Å². The van der Waals surface area contributed by atoms with Crippen molar-refractivity contribution in [3.05, 3.63) is 47.2 Å². The molecule has 162 valence electrons. The molecular weight excluding hydrogens is 422 g/mol. The summed E-state index contributed by atoms with van der Waals surface area (Å²) in [5, 5.41) is 3.62. The van der Waals surface area contributed by atoms with Gasteiger partial charge < -0.3 is 5.32 Å². The Labute approximate surface area is 175 Å². The van der Waals surface area contributed by atoms with Crippen LogP contribution in [-0.4, -0.2) is 29.0 Å². The fourth-order valence-electron chi connectivity index (χ4n) is 2.64. The number of thiazole rings is 1. The van der Waals surface area contributed by atoms with Crippen molar-refractivity contribution in [1.82, 2.24) is 10.3 Å². The largest absolute Gasteiger partial charge is 0.409 e. The SMILES string of the molecule is CC(=O)N(c1nc(/C=C\C(=O)N[C@H](C(C)(C)C)C(F)(F)F)cs1)c1ccccc1F. The minimum Gasteiger partial charge on any atom is -0.340 e. The molecule has 0 bridgehead atoms. The van der Waals surface area contributed by atoms with Gasteiger partial charge in [0.25, 0.3) is 0 Å². The van der Waals surface area contributed by atoms with Crippen LogP contribution in [0.3, 0.4) is 0 Å². The van der Waals surface area contributed by atoms with Crippen LogP contribution >= 0.6 is 11.3 Å². The van der Waals surface area contributed by atoms with Gasteiger partial charge in [-0.05, 0) is 23.6 Å². The molecule has 0 spiro atoms. The molecule has 0 fully saturated rings. The first kappa shape index (κ1) is 23.5. The van der Waals surface area contributed by atoms with Crippen LogP contribution in [0.1, 0.15) is 33.4 Å². The molecule has 2 aromatic rings. The highest BCUT2D eigenvalue weighted by Gasteiger charge is 2.47. The maximum Gasteiger partial charge on any atom is 0.409 e. The second-order valence-corrected chi connectivity index (χ2v) is 8.38. The van der Waals surface area contributed by atoms with E-state index in [4.69, 9.17) is 0 Å². The summed E-state index contributed by atoms with van der Waals surface area (Å²) >= 11 is 1.03. The number of alkyl halides is 3. The van der Waals surface area contributed by atoms with E-state index in [-0.39, 0.29) is 16.5 Å². The molecule has 1 aromatic carbocycles. The van der Waals surface area contributed by atoms with Crippen molar-refractivity contribution >= 4 is 40.0 Å². The summed E-state index contributed by atoms with van der Waals surface area (Å²) in [6, 6.07) is 3.65. The minimum absolute atomic E-state index is 0.0193. The summed E-state index contributed by atoms with van der Waals surface area (Å²) in [4.78, 5) is 29.3. The van der Waals surface area contributed by atoms with Crippen molar-refractivity contribution in [3.63, 3.8) is 0 Å². The van der Waals surface area contributed by atoms with E-state index in [0.29, 0.717) is 0 Å². The number of benzene rings is 1. The van der Waals surface area contributed by atoms with Crippen molar-refractivity contribution in [2.24, 2.45) is 5.41 Å². The van der Waals surface area contributed by atoms with E-state index in [9.17, 15) is 27.2 Å². The predicted molar refractivity (Wildman–Crippen MR) is 108 cm³/mol. The van der Waals surface area contributed by atoms with Crippen LogP contribution in [0, 0.1) is 11.2 Å². The van der Waals surface area contributed by atoms with Crippen molar-refractivity contribution in [3.8, 4) is 0 Å². The summed E-state index contributed by atoms with van der Waals surface area (Å²) in [5.74, 6) is -2.01. The number of amides is 2. The molecule has 30 heavy (non-hydrogen) atoms. The average Bonchev–Trinajstić information content (AvgIpc) is 3.06. The number of carbonyl (C=O) groups is 2. The fourth-order valence-corrected chi connectivity index (χ4v) is 3.48. The third-order valence-corrected chi connectivity index (χ3v) is 4.84. The van der Waals surface area contributed by atoms with Gasteiger partial charge in [-0.3, -0.25) is 14.5 Å². The molecule has 10 heteroatoms. The zero-order valence-electron chi connectivity index (χ0n) is 16.7. The fraction of sp³-hybridized carbons (Fsp3) is 0.350. The smallest absolute Gasteiger partial charge is 0.340 e. The second kappa shape index (κ2) is 8.95. The van der Waals surface area contributed by atoms with Crippen LogP contribution < -0.4 is 10.2 Å². The van der Waals surface area contributed by atoms with Crippen LogP contribution in [0.4, 0.5) is 28.4 Å². The van der Waals surface area contributed by atoms with Gasteiger partial charge in [0.05, 0.1) is 11.4 Å². The lowest BCUT2D eigenvalue weighted by Gasteiger charge is -2.32. The molecule has 1 atom stereocenters. The molecular formula is C20H21F4N3O2S. The van der Waals surface area contributed by atoms with Gasteiger partial charge in [0.1, 0.15) is 11.9 Å². The quantitative estimate of drug-likeness (QED) is 0.518. The van der Waals surface area contributed by atoms with Crippen molar-refractivity contribution in [1.29, 1.82) is 0 Å². The predicted octanol–water partition coefficient (Wildman–Crippen LogP) is 5.07. The number of hydrogen-bond acceptors (Lipinski definition) is 4. The molecule has 1 heterocycles. The molecule has 0 aliphatic heterocycles. The Morgan fingerprint density at radius 1 is 1.20 bits per heavy atom. The maximum absolute atomic E-state index is 14.1. The molecule has 5 nitrogen and oxygen atoms in total. The van der Waals surface area contributed by atoms with Gasteiger partial charge in [0.15, 0.2) is 5.13 Å². The van der Waals surface area contributed by atoms with E-state index < -0.39 is 35.3 Å². The molecule has 1 N–H and O–H groups in total. The van der Waals surface area contributed by atoms with Gasteiger partial charge in [0.2, 0.25) is 11.8 Å². The number of anilines is 2. The number of hydrogen-bond donors (Lipinski definition) is 1. The normalized spacial score (nSPS) is 13.3. The van der Waals surface area contributed by atoms with Crippen LogP contribution in [0.15, 0.2) is 35.7 Å². The van der Waals surface area contributed by atoms with Crippen LogP contribution in [-0.2, 0) is 9.59 Å². The third kappa shape index (κ3) is 5.88. The zero-order chi connectivity index (χ0) is 22.7. The third-order valence-electron chi connectivity index (χ3n) is 3.99. The molecule has 0 aliphatic carbocycles. The lowest BCUT2D eigenvalue weighted by atomic mass is 9.86. The molecule has 0 saturated heterocycles. The summed E-state index contributed by atoms with van der Waals surface area (Å²) in [7, 11) is 0. The summed E-state index contributed by atoms with van der Waals surface area (Å²) in [6.45, 7) is 5.38. The van der Waals surface area contributed by atoms with Gasteiger partial charge in [0, 0.05) is 18.4 Å². The Bertz CT molecular complexity index is 934. The Morgan fingerprint density at radius 3 is 2.37 bits per heavy atom. The number of para-hydroxylation sites is 1. The molecule has 0 unspecified atom stereocenters. The lowest BCUT2D eigenvalue weighted by Crippen LogP contribution is -2.52. The van der Waals surface area contributed by atoms with E-state index >= 15 is 0 Å². The highest BCUT2D eigenvalue weighted by Crippen LogP contribution is 2.33. The number of aromatic nitrogens is 1. The number of rotatable bonds is 5. The number of nitrogens with one attached hydrogen (secondary N) is 1. The van der Waals surface area contributed by atoms with Gasteiger partial charge in [-0.15, -0.1) is 11.3 Å². The zero-order valence-corrected chi connectivity index (χ0v) is 17.6. The van der Waals surface area contributed by atoms with Crippen molar-refractivity contribution in [2.75, 3.05) is 4.90 Å². The van der Waals surface area contributed by atoms with Gasteiger partial charge in [-0.2, -0.15) is 13.2 Å². The molecule has 0 radical (unpaired) electrons. The van der Waals surface area contributed by atoms with Crippen LogP contribution in [0.2, 0.25) is 0 Å². The van der Waals surface area contributed by atoms with Crippen LogP contribution in [0.5, 0.6) is 0 Å². The highest BCUT2D eigenvalue weighted by molar-refractivity contribution is 7.14. The Morgan fingerprint density at radius 2 is 1.83 bits per heavy atom. The van der Waals surface area contributed by atoms with Crippen LogP contribution in [0.25, 0.3) is 6.08 Å². The number of carbonyl (C=O) groups excluding carboxylic acids is 2. The Kier molecular flexibility index (Phi) is 7.02. The van der Waals surface area contributed by atoms with E-state index in [1.54, 1.807) is 6.07 Å². The van der Waals surface area contributed by atoms with Gasteiger partial charge >= 0.3 is 6.18 Å². The summed E-state index contributed by atoms with van der Waals surface area (Å²) < 4.78 is 53.6. The Hall–Kier alpha value is -2.75. The molecule has 1 aromatic heterocycles. The first-order valence-corrected chi connectivity index (χ1v) is 9.74. The minimum atomic E-state index is -4.60. The number of halogens is 4. The molecule has 2 amide bonds. The van der Waals surface area contributed by atoms with E-state index in [2.05, 4.69) is 4.98 Å². The van der Waals surface area contributed by atoms with Gasteiger partial charge in [-0.25, -0.2) is 9.37 Å². The highest BCUT2D eigenvalue weighted by atomic mass is 32.1. The lowest BCUT2D eigenvalue weighted by molar-refractivity contribution is -0.179. The van der Waals surface area contributed by atoms with Crippen molar-refractivity contribution in [2.45, 2.75) is 39.9 Å². The standard InChI is InChI=1S/C20H21F4N3O2S/c1-12(28)27(15-8-6-5-7-14(15)21)18-25-13(11-30-18)9-10-16(29)26-17(19(2,3)4)20(22,23)24/h5-11,17H,1-4H3,(H,26,29)/b10-9-/t17-/m1/s1. The average molecular weight is 443 g/mol. The number of nitrogens with zero attached hydrogens (tertiary/aromatic N) is 2. The van der Waals surface area contributed by atoms with Crippen molar-refractivity contribution < 1.29 is 27.2 Å². The summed E-state index contributed by atoms with van der Waals surface area (Å²) in [6.07, 6.45) is -2.44. The molecule has 2 rings (SSSR count). The summed E-state index contributed by atoms with van der Waals surface area (Å²) in [5.41, 5.74) is -0.963. The first-order valence-electron chi connectivity index (χ1n) is 8.86. The van der Waals surface area contributed by atoms with E-state index in [1.165, 1.54) is 57.4 Å². The topological polar surface area (TPSA) is 62.3 Å². The van der Waals surface area contributed by atoms with E-state index in [1.807, 2.05) is 5.32 Å². The molecule has 0 aliphatic rings. The monoisotopic (exact) mass is 443 g/mol. The van der Waals surface area contributed by atoms with Gasteiger partial charge in [-0.1, -0.05) is 32.9 Å².